The second kappa shape index (κ2) is 6.26. The van der Waals surface area contributed by atoms with Gasteiger partial charge in [0.1, 0.15) is 0 Å². The van der Waals surface area contributed by atoms with E-state index in [1.54, 1.807) is 25.1 Å². The van der Waals surface area contributed by atoms with Gasteiger partial charge in [0, 0.05) is 11.3 Å². The predicted molar refractivity (Wildman–Crippen MR) is 78.1 cm³/mol. The Morgan fingerprint density at radius 3 is 2.38 bits per heavy atom. The number of esters is 1. The number of furan rings is 1. The van der Waals surface area contributed by atoms with E-state index in [0.717, 1.165) is 5.56 Å². The molecule has 1 amide bonds. The van der Waals surface area contributed by atoms with Crippen molar-refractivity contribution < 1.29 is 18.7 Å². The molecular weight excluding hydrogens is 270 g/mol. The van der Waals surface area contributed by atoms with Crippen molar-refractivity contribution >= 4 is 17.6 Å². The summed E-state index contributed by atoms with van der Waals surface area (Å²) in [5.41, 5.74) is 2.43. The number of carbonyl (C=O) groups excluding carboxylic acids is 2. The third-order valence-electron chi connectivity index (χ3n) is 3.02. The van der Waals surface area contributed by atoms with Crippen LogP contribution in [0.4, 0.5) is 5.69 Å². The van der Waals surface area contributed by atoms with Crippen molar-refractivity contribution in [2.75, 3.05) is 5.32 Å². The summed E-state index contributed by atoms with van der Waals surface area (Å²) in [5.74, 6) is -0.926. The summed E-state index contributed by atoms with van der Waals surface area (Å²) < 4.78 is 10.1. The molecule has 0 fully saturated rings. The molecular formula is C16H17NO4. The van der Waals surface area contributed by atoms with Crippen LogP contribution in [0.5, 0.6) is 0 Å². The topological polar surface area (TPSA) is 68.5 Å². The standard InChI is InChI=1S/C16H17NO4/c1-10-4-6-13(7-5-10)17-15(18)12(3)21-16(19)14-11(2)8-9-20-14/h4-9,12H,1-3H3,(H,17,18). The second-order valence-electron chi connectivity index (χ2n) is 4.84. The van der Waals surface area contributed by atoms with Crippen molar-refractivity contribution in [1.29, 1.82) is 0 Å². The van der Waals surface area contributed by atoms with Gasteiger partial charge < -0.3 is 14.5 Å². The maximum atomic E-state index is 12.0. The number of amides is 1. The van der Waals surface area contributed by atoms with E-state index in [1.165, 1.54) is 13.2 Å². The van der Waals surface area contributed by atoms with Gasteiger partial charge in [0.05, 0.1) is 6.26 Å². The van der Waals surface area contributed by atoms with E-state index in [4.69, 9.17) is 9.15 Å². The zero-order valence-electron chi connectivity index (χ0n) is 12.2. The third-order valence-corrected chi connectivity index (χ3v) is 3.02. The van der Waals surface area contributed by atoms with E-state index in [0.29, 0.717) is 11.3 Å². The molecule has 5 heteroatoms. The fourth-order valence-corrected chi connectivity index (χ4v) is 1.73. The van der Waals surface area contributed by atoms with Crippen LogP contribution in [0.25, 0.3) is 0 Å². The van der Waals surface area contributed by atoms with Gasteiger partial charge in [-0.15, -0.1) is 0 Å². The normalized spacial score (nSPS) is 11.8. The Morgan fingerprint density at radius 1 is 1.14 bits per heavy atom. The van der Waals surface area contributed by atoms with Gasteiger partial charge in [-0.1, -0.05) is 17.7 Å². The first-order chi connectivity index (χ1) is 9.97. The Kier molecular flexibility index (Phi) is 4.42. The van der Waals surface area contributed by atoms with E-state index in [-0.39, 0.29) is 5.76 Å². The van der Waals surface area contributed by atoms with Crippen LogP contribution >= 0.6 is 0 Å². The highest BCUT2D eigenvalue weighted by atomic mass is 16.6. The highest BCUT2D eigenvalue weighted by Gasteiger charge is 2.22. The number of hydrogen-bond acceptors (Lipinski definition) is 4. The maximum absolute atomic E-state index is 12.0. The number of benzene rings is 1. The fourth-order valence-electron chi connectivity index (χ4n) is 1.73. The van der Waals surface area contributed by atoms with E-state index in [1.807, 2.05) is 19.1 Å². The summed E-state index contributed by atoms with van der Waals surface area (Å²) in [4.78, 5) is 23.8. The zero-order valence-corrected chi connectivity index (χ0v) is 12.2. The van der Waals surface area contributed by atoms with Crippen LogP contribution in [-0.2, 0) is 9.53 Å². The van der Waals surface area contributed by atoms with Crippen molar-refractivity contribution in [3.8, 4) is 0 Å². The summed E-state index contributed by atoms with van der Waals surface area (Å²) in [6.07, 6.45) is 0.492. The molecule has 0 aliphatic carbocycles. The first-order valence-electron chi connectivity index (χ1n) is 6.60. The Hall–Kier alpha value is -2.56. The molecule has 0 saturated heterocycles. The number of hydrogen-bond donors (Lipinski definition) is 1. The summed E-state index contributed by atoms with van der Waals surface area (Å²) in [6, 6.07) is 9.02. The molecule has 1 aromatic heterocycles. The van der Waals surface area contributed by atoms with Crippen LogP contribution in [0, 0.1) is 13.8 Å². The molecule has 2 rings (SSSR count). The molecule has 0 spiro atoms. The molecule has 0 saturated carbocycles. The van der Waals surface area contributed by atoms with Crippen LogP contribution in [0.1, 0.15) is 28.6 Å². The van der Waals surface area contributed by atoms with Gasteiger partial charge in [0.25, 0.3) is 5.91 Å². The van der Waals surface area contributed by atoms with Gasteiger partial charge in [-0.3, -0.25) is 4.79 Å². The fraction of sp³-hybridized carbons (Fsp3) is 0.250. The van der Waals surface area contributed by atoms with Crippen molar-refractivity contribution in [2.45, 2.75) is 26.9 Å². The highest BCUT2D eigenvalue weighted by Crippen LogP contribution is 2.13. The lowest BCUT2D eigenvalue weighted by Gasteiger charge is -2.13. The van der Waals surface area contributed by atoms with E-state index in [2.05, 4.69) is 5.32 Å². The molecule has 1 heterocycles. The molecule has 0 aliphatic heterocycles. The van der Waals surface area contributed by atoms with Gasteiger partial charge in [0.15, 0.2) is 6.10 Å². The average Bonchev–Trinajstić information content (AvgIpc) is 2.87. The Morgan fingerprint density at radius 2 is 1.81 bits per heavy atom. The van der Waals surface area contributed by atoms with Gasteiger partial charge in [-0.05, 0) is 39.0 Å². The molecule has 1 unspecified atom stereocenters. The Balaban J connectivity index is 1.95. The molecule has 0 radical (unpaired) electrons. The number of rotatable bonds is 4. The number of anilines is 1. The van der Waals surface area contributed by atoms with Crippen LogP contribution in [0.2, 0.25) is 0 Å². The third kappa shape index (κ3) is 3.72. The van der Waals surface area contributed by atoms with Crippen molar-refractivity contribution in [1.82, 2.24) is 0 Å². The number of ether oxygens (including phenoxy) is 1. The number of nitrogens with one attached hydrogen (secondary N) is 1. The summed E-state index contributed by atoms with van der Waals surface area (Å²) >= 11 is 0. The highest BCUT2D eigenvalue weighted by molar-refractivity contribution is 5.96. The monoisotopic (exact) mass is 287 g/mol. The molecule has 0 aliphatic rings. The average molecular weight is 287 g/mol. The molecule has 2 aromatic rings. The van der Waals surface area contributed by atoms with Crippen LogP contribution < -0.4 is 5.32 Å². The molecule has 1 N–H and O–H groups in total. The first kappa shape index (κ1) is 14.8. The summed E-state index contributed by atoms with van der Waals surface area (Å²) in [6.45, 7) is 5.21. The summed E-state index contributed by atoms with van der Waals surface area (Å²) in [5, 5.41) is 2.69. The Bertz CT molecular complexity index is 643. The number of carbonyl (C=O) groups is 2. The van der Waals surface area contributed by atoms with Crippen molar-refractivity contribution in [3.63, 3.8) is 0 Å². The molecule has 1 aromatic carbocycles. The molecule has 1 atom stereocenters. The zero-order chi connectivity index (χ0) is 15.4. The minimum Gasteiger partial charge on any atom is -0.457 e. The van der Waals surface area contributed by atoms with E-state index >= 15 is 0 Å². The molecule has 5 nitrogen and oxygen atoms in total. The smallest absolute Gasteiger partial charge is 0.375 e. The Labute approximate surface area is 122 Å². The minimum absolute atomic E-state index is 0.116. The predicted octanol–water partition coefficient (Wildman–Crippen LogP) is 3.08. The van der Waals surface area contributed by atoms with Crippen LogP contribution in [-0.4, -0.2) is 18.0 Å². The SMILES string of the molecule is Cc1ccc(NC(=O)C(C)OC(=O)c2occc2C)cc1. The van der Waals surface area contributed by atoms with Gasteiger partial charge in [-0.2, -0.15) is 0 Å². The quantitative estimate of drug-likeness (QED) is 0.877. The van der Waals surface area contributed by atoms with Gasteiger partial charge in [-0.25, -0.2) is 4.79 Å². The largest absolute Gasteiger partial charge is 0.457 e. The maximum Gasteiger partial charge on any atom is 0.375 e. The minimum atomic E-state index is -0.914. The lowest BCUT2D eigenvalue weighted by molar-refractivity contribution is -0.123. The molecule has 0 bridgehead atoms. The van der Waals surface area contributed by atoms with Crippen molar-refractivity contribution in [3.05, 3.63) is 53.5 Å². The summed E-state index contributed by atoms with van der Waals surface area (Å²) in [7, 11) is 0. The second-order valence-corrected chi connectivity index (χ2v) is 4.84. The van der Waals surface area contributed by atoms with E-state index < -0.39 is 18.0 Å². The lowest BCUT2D eigenvalue weighted by Crippen LogP contribution is -2.30. The van der Waals surface area contributed by atoms with Gasteiger partial charge in [0.2, 0.25) is 5.76 Å². The van der Waals surface area contributed by atoms with E-state index in [9.17, 15) is 9.59 Å². The van der Waals surface area contributed by atoms with Crippen molar-refractivity contribution in [2.24, 2.45) is 0 Å². The lowest BCUT2D eigenvalue weighted by atomic mass is 10.2. The number of aryl methyl sites for hydroxylation is 2. The first-order valence-corrected chi connectivity index (χ1v) is 6.60. The van der Waals surface area contributed by atoms with Gasteiger partial charge >= 0.3 is 5.97 Å². The van der Waals surface area contributed by atoms with Crippen LogP contribution in [0.3, 0.4) is 0 Å². The molecule has 21 heavy (non-hydrogen) atoms. The molecule has 110 valence electrons. The van der Waals surface area contributed by atoms with Crippen LogP contribution in [0.15, 0.2) is 41.0 Å².